The van der Waals surface area contributed by atoms with E-state index in [4.69, 9.17) is 4.74 Å². The number of thiol groups is 1. The third kappa shape index (κ3) is 3.20. The molecule has 0 aliphatic heterocycles. The molecule has 0 amide bonds. The summed E-state index contributed by atoms with van der Waals surface area (Å²) in [6.45, 7) is 0. The lowest BCUT2D eigenvalue weighted by Gasteiger charge is -2.08. The molecule has 2 rings (SSSR count). The Balaban J connectivity index is 2.41. The average molecular weight is 336 g/mol. The van der Waals surface area contributed by atoms with Gasteiger partial charge in [0.2, 0.25) is 5.75 Å². The topological polar surface area (TPSA) is 86.5 Å². The fourth-order valence-electron chi connectivity index (χ4n) is 1.48. The van der Waals surface area contributed by atoms with Gasteiger partial charge in [0.1, 0.15) is 10.7 Å². The van der Waals surface area contributed by atoms with E-state index in [0.29, 0.717) is 10.0 Å². The summed E-state index contributed by atoms with van der Waals surface area (Å²) in [6.07, 6.45) is 1.80. The van der Waals surface area contributed by atoms with Gasteiger partial charge in [-0.25, -0.2) is 8.42 Å². The number of nitrogens with zero attached hydrogens (tertiary/aromatic N) is 1. The minimum absolute atomic E-state index is 0.0296. The number of hydrogen-bond donors (Lipinski definition) is 1. The van der Waals surface area contributed by atoms with Crippen molar-refractivity contribution in [2.75, 3.05) is 0 Å². The molecule has 1 aromatic carbocycles. The minimum atomic E-state index is -2.62. The van der Waals surface area contributed by atoms with Crippen LogP contribution in [0.15, 0.2) is 16.6 Å². The highest BCUT2D eigenvalue weighted by molar-refractivity contribution is 9.10. The molecule has 0 aromatic heterocycles. The van der Waals surface area contributed by atoms with Crippen molar-refractivity contribution in [3.63, 3.8) is 0 Å². The first-order valence-corrected chi connectivity index (χ1v) is 7.38. The van der Waals surface area contributed by atoms with Crippen LogP contribution < -0.4 is 4.74 Å². The maximum Gasteiger partial charge on any atom is 0.312 e. The normalized spacial score (nSPS) is 14.8. The van der Waals surface area contributed by atoms with Crippen LogP contribution in [0.3, 0.4) is 0 Å². The molecular formula is C10H10BrNO5S. The predicted octanol–water partition coefficient (Wildman–Crippen LogP) is 2.01. The molecule has 18 heavy (non-hydrogen) atoms. The van der Waals surface area contributed by atoms with Crippen molar-refractivity contribution in [3.05, 3.63) is 32.3 Å². The zero-order valence-corrected chi connectivity index (χ0v) is 11.6. The molecule has 0 heterocycles. The minimum Gasteiger partial charge on any atom is -0.483 e. The second kappa shape index (κ2) is 5.23. The molecule has 1 saturated carbocycles. The van der Waals surface area contributed by atoms with Crippen molar-refractivity contribution < 1.29 is 18.1 Å². The van der Waals surface area contributed by atoms with Gasteiger partial charge in [-0.3, -0.25) is 10.1 Å². The summed E-state index contributed by atoms with van der Waals surface area (Å²) in [6, 6.07) is 2.78. The number of benzene rings is 1. The molecule has 1 aromatic rings. The van der Waals surface area contributed by atoms with Gasteiger partial charge < -0.3 is 4.74 Å². The van der Waals surface area contributed by atoms with Crippen LogP contribution in [0.5, 0.6) is 5.75 Å². The number of rotatable bonds is 5. The highest BCUT2D eigenvalue weighted by Gasteiger charge is 2.29. The van der Waals surface area contributed by atoms with Gasteiger partial charge in [0.15, 0.2) is 0 Å². The molecule has 1 fully saturated rings. The van der Waals surface area contributed by atoms with Gasteiger partial charge in [0.05, 0.1) is 21.3 Å². The second-order valence-electron chi connectivity index (χ2n) is 3.99. The van der Waals surface area contributed by atoms with E-state index in [9.17, 15) is 18.5 Å². The molecule has 0 bridgehead atoms. The SMILES string of the molecule is O=[N+]([O-])c1cc(C[SH](=O)=O)cc(Br)c1OC1CC1. The third-order valence-electron chi connectivity index (χ3n) is 2.40. The number of ether oxygens (including phenoxy) is 1. The maximum absolute atomic E-state index is 11.0. The molecule has 6 nitrogen and oxygen atoms in total. The van der Waals surface area contributed by atoms with Crippen LogP contribution >= 0.6 is 15.9 Å². The van der Waals surface area contributed by atoms with Crippen molar-refractivity contribution >= 4 is 32.3 Å². The Bertz CT molecular complexity index is 560. The molecule has 98 valence electrons. The van der Waals surface area contributed by atoms with E-state index in [1.165, 1.54) is 12.1 Å². The van der Waals surface area contributed by atoms with Crippen LogP contribution in [0.25, 0.3) is 0 Å². The Hall–Kier alpha value is -1.15. The number of halogens is 1. The van der Waals surface area contributed by atoms with Crippen molar-refractivity contribution in [3.8, 4) is 5.75 Å². The van der Waals surface area contributed by atoms with Crippen LogP contribution in [-0.2, 0) is 16.5 Å². The molecule has 0 saturated heterocycles. The Morgan fingerprint density at radius 2 is 2.11 bits per heavy atom. The number of nitro benzene ring substituents is 1. The van der Waals surface area contributed by atoms with Gasteiger partial charge in [-0.1, -0.05) is 0 Å². The van der Waals surface area contributed by atoms with Gasteiger partial charge in [-0.2, -0.15) is 0 Å². The average Bonchev–Trinajstić information content (AvgIpc) is 3.04. The predicted molar refractivity (Wildman–Crippen MR) is 68.5 cm³/mol. The van der Waals surface area contributed by atoms with E-state index in [2.05, 4.69) is 15.9 Å². The van der Waals surface area contributed by atoms with Crippen molar-refractivity contribution in [2.24, 2.45) is 0 Å². The fourth-order valence-corrected chi connectivity index (χ4v) is 2.55. The van der Waals surface area contributed by atoms with Crippen molar-refractivity contribution in [2.45, 2.75) is 24.7 Å². The van der Waals surface area contributed by atoms with Gasteiger partial charge in [-0.05, 0) is 40.4 Å². The summed E-state index contributed by atoms with van der Waals surface area (Å²) >= 11 is 3.19. The first-order chi connectivity index (χ1) is 8.47. The summed E-state index contributed by atoms with van der Waals surface area (Å²) in [5.41, 5.74) is 0.163. The molecule has 1 aliphatic rings. The zero-order chi connectivity index (χ0) is 13.3. The van der Waals surface area contributed by atoms with E-state index < -0.39 is 15.6 Å². The molecule has 0 spiro atoms. The van der Waals surface area contributed by atoms with Crippen LogP contribution in [-0.4, -0.2) is 19.4 Å². The Morgan fingerprint density at radius 1 is 1.44 bits per heavy atom. The lowest BCUT2D eigenvalue weighted by atomic mass is 10.2. The van der Waals surface area contributed by atoms with E-state index in [1.807, 2.05) is 0 Å². The monoisotopic (exact) mass is 335 g/mol. The molecule has 8 heteroatoms. The highest BCUT2D eigenvalue weighted by atomic mass is 79.9. The highest BCUT2D eigenvalue weighted by Crippen LogP contribution is 2.40. The Labute approximate surface area is 113 Å². The van der Waals surface area contributed by atoms with E-state index >= 15 is 0 Å². The van der Waals surface area contributed by atoms with Crippen LogP contribution in [0, 0.1) is 10.1 Å². The number of hydrogen-bond acceptors (Lipinski definition) is 5. The lowest BCUT2D eigenvalue weighted by Crippen LogP contribution is -2.02. The second-order valence-corrected chi connectivity index (χ2v) is 5.83. The van der Waals surface area contributed by atoms with E-state index in [-0.39, 0.29) is 23.3 Å². The molecule has 0 atom stereocenters. The van der Waals surface area contributed by atoms with E-state index in [1.54, 1.807) is 0 Å². The third-order valence-corrected chi connectivity index (χ3v) is 3.61. The molecular weight excluding hydrogens is 326 g/mol. The molecule has 0 unspecified atom stereocenters. The van der Waals surface area contributed by atoms with Crippen molar-refractivity contribution in [1.82, 2.24) is 0 Å². The standard InChI is InChI=1S/C10H10BrNO5S/c11-8-3-6(5-18(15)16)4-9(12(13)14)10(8)17-7-1-2-7/h3-4,7,18H,1-2,5H2. The van der Waals surface area contributed by atoms with Crippen molar-refractivity contribution in [1.29, 1.82) is 0 Å². The van der Waals surface area contributed by atoms with Crippen LogP contribution in [0.4, 0.5) is 5.69 Å². The number of nitro groups is 1. The summed E-state index contributed by atoms with van der Waals surface area (Å²) in [5, 5.41) is 11.0. The van der Waals surface area contributed by atoms with Crippen LogP contribution in [0.2, 0.25) is 0 Å². The van der Waals surface area contributed by atoms with Gasteiger partial charge in [0.25, 0.3) is 0 Å². The first-order valence-electron chi connectivity index (χ1n) is 5.22. The smallest absolute Gasteiger partial charge is 0.312 e. The first kappa shape index (κ1) is 13.3. The summed E-state index contributed by atoms with van der Waals surface area (Å²) < 4.78 is 27.2. The van der Waals surface area contributed by atoms with Gasteiger partial charge in [-0.15, -0.1) is 0 Å². The molecule has 0 radical (unpaired) electrons. The zero-order valence-electron chi connectivity index (χ0n) is 9.17. The quantitative estimate of drug-likeness (QED) is 0.505. The van der Waals surface area contributed by atoms with Gasteiger partial charge in [0, 0.05) is 6.07 Å². The van der Waals surface area contributed by atoms with Gasteiger partial charge >= 0.3 is 5.69 Å². The lowest BCUT2D eigenvalue weighted by molar-refractivity contribution is -0.386. The van der Waals surface area contributed by atoms with E-state index in [0.717, 1.165) is 12.8 Å². The Kier molecular flexibility index (Phi) is 3.86. The van der Waals surface area contributed by atoms with Crippen LogP contribution in [0.1, 0.15) is 18.4 Å². The summed E-state index contributed by atoms with van der Waals surface area (Å²) in [5.74, 6) is -0.0502. The fraction of sp³-hybridized carbons (Fsp3) is 0.400. The maximum atomic E-state index is 11.0. The summed E-state index contributed by atoms with van der Waals surface area (Å²) in [4.78, 5) is 10.4. The largest absolute Gasteiger partial charge is 0.483 e. The summed E-state index contributed by atoms with van der Waals surface area (Å²) in [7, 11) is -2.62. The molecule has 0 N–H and O–H groups in total. The molecule has 1 aliphatic carbocycles. The Morgan fingerprint density at radius 3 is 2.61 bits per heavy atom.